The molecule has 1 rings (SSSR count). The van der Waals surface area contributed by atoms with Gasteiger partial charge in [-0.25, -0.2) is 0 Å². The van der Waals surface area contributed by atoms with Crippen molar-refractivity contribution < 1.29 is 18.0 Å². The maximum Gasteiger partial charge on any atom is 0.416 e. The molecule has 1 aromatic rings. The minimum atomic E-state index is -4.40. The van der Waals surface area contributed by atoms with Gasteiger partial charge in [0.05, 0.1) is 5.56 Å². The summed E-state index contributed by atoms with van der Waals surface area (Å²) < 4.78 is 38.3. The van der Waals surface area contributed by atoms with Crippen LogP contribution in [0.5, 0.6) is 0 Å². The van der Waals surface area contributed by atoms with Crippen LogP contribution in [0, 0.1) is 0 Å². The van der Waals surface area contributed by atoms with Gasteiger partial charge in [0.1, 0.15) is 0 Å². The Morgan fingerprint density at radius 1 is 1.19 bits per heavy atom. The molecule has 0 saturated carbocycles. The molecule has 0 atom stereocenters. The predicted octanol–water partition coefficient (Wildman–Crippen LogP) is 3.58. The molecule has 21 heavy (non-hydrogen) atoms. The molecule has 0 bridgehead atoms. The van der Waals surface area contributed by atoms with E-state index >= 15 is 0 Å². The van der Waals surface area contributed by atoms with E-state index < -0.39 is 11.7 Å². The number of carbonyl (C=O) groups is 1. The highest BCUT2D eigenvalue weighted by molar-refractivity contribution is 5.75. The summed E-state index contributed by atoms with van der Waals surface area (Å²) in [6.07, 6.45) is -1.67. The van der Waals surface area contributed by atoms with E-state index in [4.69, 9.17) is 0 Å². The molecule has 6 heteroatoms. The first kappa shape index (κ1) is 17.2. The van der Waals surface area contributed by atoms with Crippen LogP contribution >= 0.6 is 0 Å². The van der Waals surface area contributed by atoms with Crippen molar-refractivity contribution in [3.8, 4) is 0 Å². The summed E-state index contributed by atoms with van der Waals surface area (Å²) in [5.41, 5.74) is -0.628. The lowest BCUT2D eigenvalue weighted by atomic mass is 10.1. The van der Waals surface area contributed by atoms with Crippen molar-refractivity contribution in [3.05, 3.63) is 35.4 Å². The second-order valence-electron chi connectivity index (χ2n) is 4.69. The smallest absolute Gasteiger partial charge is 0.352 e. The average molecular weight is 300 g/mol. The van der Waals surface area contributed by atoms with Gasteiger partial charge in [0, 0.05) is 19.5 Å². The van der Waals surface area contributed by atoms with E-state index in [0.717, 1.165) is 18.9 Å². The highest BCUT2D eigenvalue weighted by Crippen LogP contribution is 2.31. The number of hydrogen-bond acceptors (Lipinski definition) is 2. The number of nitrogens with one attached hydrogen (secondary N) is 1. The number of unbranched alkanes of at least 4 members (excludes halogenated alkanes) is 2. The van der Waals surface area contributed by atoms with Crippen molar-refractivity contribution >= 4 is 12.6 Å². The van der Waals surface area contributed by atoms with Crippen LogP contribution < -0.4 is 5.32 Å². The summed E-state index contributed by atoms with van der Waals surface area (Å²) in [7, 11) is 0. The second-order valence-corrected chi connectivity index (χ2v) is 4.69. The van der Waals surface area contributed by atoms with Crippen molar-refractivity contribution in [1.29, 1.82) is 0 Å². The first-order chi connectivity index (χ1) is 9.95. The number of rotatable bonds is 8. The van der Waals surface area contributed by atoms with E-state index in [1.54, 1.807) is 0 Å². The van der Waals surface area contributed by atoms with Gasteiger partial charge in [-0.2, -0.15) is 13.2 Å². The Kier molecular flexibility index (Phi) is 6.91. The first-order valence-corrected chi connectivity index (χ1v) is 6.79. The Bertz CT molecular complexity index is 472. The average Bonchev–Trinajstić information content (AvgIpc) is 2.44. The molecule has 0 unspecified atom stereocenters. The third-order valence-corrected chi connectivity index (χ3v) is 3.02. The third kappa shape index (κ3) is 6.42. The predicted molar refractivity (Wildman–Crippen MR) is 76.2 cm³/mol. The Balaban J connectivity index is 2.41. The van der Waals surface area contributed by atoms with Crippen molar-refractivity contribution in [2.45, 2.75) is 38.4 Å². The van der Waals surface area contributed by atoms with Gasteiger partial charge < -0.3 is 10.3 Å². The third-order valence-electron chi connectivity index (χ3n) is 3.02. The van der Waals surface area contributed by atoms with E-state index in [1.165, 1.54) is 18.2 Å². The van der Waals surface area contributed by atoms with Crippen LogP contribution in [-0.4, -0.2) is 19.2 Å². The molecule has 1 N–H and O–H groups in total. The molecule has 0 aromatic heterocycles. The van der Waals surface area contributed by atoms with Crippen LogP contribution in [0.25, 0.3) is 0 Å². The Labute approximate surface area is 122 Å². The second kappa shape index (κ2) is 8.44. The van der Waals surface area contributed by atoms with Gasteiger partial charge >= 0.3 is 6.18 Å². The summed E-state index contributed by atoms with van der Waals surface area (Å²) in [5, 5.41) is 2.53. The van der Waals surface area contributed by atoms with Crippen LogP contribution in [0.15, 0.2) is 29.3 Å². The number of carbonyl (C=O) groups excluding carboxylic acids is 1. The standard InChI is InChI=1S/C15H19F3N2O/c1-19-10-6-2-3-9-14(21)20-11-12-7-4-5-8-13(12)15(16,17)18/h4-5,7-8H,1-3,6,9-11H2,(H,20,21). The van der Waals surface area contributed by atoms with Gasteiger partial charge in [-0.05, 0) is 31.2 Å². The molecule has 116 valence electrons. The van der Waals surface area contributed by atoms with Crippen molar-refractivity contribution in [2.75, 3.05) is 6.54 Å². The lowest BCUT2D eigenvalue weighted by Gasteiger charge is -2.13. The Hall–Kier alpha value is -1.85. The molecule has 0 aliphatic carbocycles. The fourth-order valence-electron chi connectivity index (χ4n) is 1.92. The zero-order chi connectivity index (χ0) is 15.7. The van der Waals surface area contributed by atoms with Gasteiger partial charge in [-0.15, -0.1) is 0 Å². The number of halogens is 3. The van der Waals surface area contributed by atoms with E-state index in [9.17, 15) is 18.0 Å². The van der Waals surface area contributed by atoms with Crippen LogP contribution in [0.2, 0.25) is 0 Å². The Morgan fingerprint density at radius 3 is 2.57 bits per heavy atom. The van der Waals surface area contributed by atoms with Gasteiger partial charge in [-0.3, -0.25) is 4.79 Å². The fourth-order valence-corrected chi connectivity index (χ4v) is 1.92. The van der Waals surface area contributed by atoms with E-state index in [-0.39, 0.29) is 18.0 Å². The molecule has 0 saturated heterocycles. The minimum absolute atomic E-state index is 0.0780. The van der Waals surface area contributed by atoms with E-state index in [2.05, 4.69) is 17.0 Å². The molecule has 0 heterocycles. The molecule has 0 spiro atoms. The summed E-state index contributed by atoms with van der Waals surface area (Å²) in [4.78, 5) is 15.3. The number of amides is 1. The molecule has 3 nitrogen and oxygen atoms in total. The lowest BCUT2D eigenvalue weighted by molar-refractivity contribution is -0.138. The lowest BCUT2D eigenvalue weighted by Crippen LogP contribution is -2.24. The molecular formula is C15H19F3N2O. The normalized spacial score (nSPS) is 11.2. The van der Waals surface area contributed by atoms with Gasteiger partial charge in [0.15, 0.2) is 0 Å². The van der Waals surface area contributed by atoms with Crippen molar-refractivity contribution in [3.63, 3.8) is 0 Å². The van der Waals surface area contributed by atoms with Gasteiger partial charge in [0.25, 0.3) is 0 Å². The van der Waals surface area contributed by atoms with Crippen molar-refractivity contribution in [1.82, 2.24) is 5.32 Å². The number of aliphatic imine (C=N–C) groups is 1. The SMILES string of the molecule is C=NCCCCCC(=O)NCc1ccccc1C(F)(F)F. The molecule has 1 aromatic carbocycles. The number of nitrogens with zero attached hydrogens (tertiary/aromatic N) is 1. The minimum Gasteiger partial charge on any atom is -0.352 e. The summed E-state index contributed by atoms with van der Waals surface area (Å²) in [6.45, 7) is 3.92. The van der Waals surface area contributed by atoms with Crippen LogP contribution in [-0.2, 0) is 17.5 Å². The van der Waals surface area contributed by atoms with Crippen molar-refractivity contribution in [2.24, 2.45) is 4.99 Å². The van der Waals surface area contributed by atoms with E-state index in [1.807, 2.05) is 0 Å². The summed E-state index contributed by atoms with van der Waals surface area (Å²) in [6, 6.07) is 5.25. The maximum absolute atomic E-state index is 12.8. The monoisotopic (exact) mass is 300 g/mol. The molecule has 0 fully saturated rings. The van der Waals surface area contributed by atoms with Crippen LogP contribution in [0.3, 0.4) is 0 Å². The quantitative estimate of drug-likeness (QED) is 0.578. The fraction of sp³-hybridized carbons (Fsp3) is 0.467. The largest absolute Gasteiger partial charge is 0.416 e. The molecule has 0 aliphatic rings. The van der Waals surface area contributed by atoms with Gasteiger partial charge in [0.2, 0.25) is 5.91 Å². The first-order valence-electron chi connectivity index (χ1n) is 6.79. The topological polar surface area (TPSA) is 41.5 Å². The Morgan fingerprint density at radius 2 is 1.90 bits per heavy atom. The van der Waals surface area contributed by atoms with Crippen LogP contribution in [0.4, 0.5) is 13.2 Å². The zero-order valence-electron chi connectivity index (χ0n) is 11.7. The number of hydrogen-bond donors (Lipinski definition) is 1. The highest BCUT2D eigenvalue weighted by atomic mass is 19.4. The number of benzene rings is 1. The zero-order valence-corrected chi connectivity index (χ0v) is 11.7. The molecule has 1 amide bonds. The van der Waals surface area contributed by atoms with Gasteiger partial charge in [-0.1, -0.05) is 24.6 Å². The number of alkyl halides is 3. The summed E-state index contributed by atoms with van der Waals surface area (Å²) in [5.74, 6) is -0.237. The summed E-state index contributed by atoms with van der Waals surface area (Å²) >= 11 is 0. The molecule has 0 aliphatic heterocycles. The molecular weight excluding hydrogens is 281 g/mol. The van der Waals surface area contributed by atoms with Crippen LogP contribution in [0.1, 0.15) is 36.8 Å². The molecule has 0 radical (unpaired) electrons. The highest BCUT2D eigenvalue weighted by Gasteiger charge is 2.32. The maximum atomic E-state index is 12.8. The van der Waals surface area contributed by atoms with E-state index in [0.29, 0.717) is 19.4 Å².